The van der Waals surface area contributed by atoms with Gasteiger partial charge in [-0.05, 0) is 26.3 Å². The van der Waals surface area contributed by atoms with E-state index in [1.165, 1.54) is 6.08 Å². The molecule has 100 valence electrons. The van der Waals surface area contributed by atoms with Crippen molar-refractivity contribution < 1.29 is 28.2 Å². The van der Waals surface area contributed by atoms with Crippen molar-refractivity contribution in [2.45, 2.75) is 38.1 Å². The zero-order chi connectivity index (χ0) is 13.6. The average Bonchev–Trinajstić information content (AvgIpc) is 2.52. The molecule has 1 fully saturated rings. The summed E-state index contributed by atoms with van der Waals surface area (Å²) in [5, 5.41) is 8.35. The minimum absolute atomic E-state index is 0.0652. The van der Waals surface area contributed by atoms with Crippen LogP contribution in [-0.4, -0.2) is 28.9 Å². The normalized spacial score (nSPS) is 29.7. The van der Waals surface area contributed by atoms with Crippen LogP contribution in [0.1, 0.15) is 20.3 Å². The summed E-state index contributed by atoms with van der Waals surface area (Å²) in [7, 11) is 0. The van der Waals surface area contributed by atoms with Gasteiger partial charge < -0.3 is 14.6 Å². The molecule has 2 unspecified atom stereocenters. The molecular formula is C12H14F2O4. The third kappa shape index (κ3) is 2.38. The Balaban J connectivity index is 2.17. The standard InChI is InChI=1S/C12H14F2O4/c1-11(2)6-7-4-3-5-8(9(7)18-11)17-12(13,14)10(15)16/h3-5,7,9H,6H2,1-2H3,(H,15,16). The van der Waals surface area contributed by atoms with Gasteiger partial charge in [0, 0.05) is 5.92 Å². The fraction of sp³-hybridized carbons (Fsp3) is 0.583. The lowest BCUT2D eigenvalue weighted by Crippen LogP contribution is -2.35. The molecule has 6 heteroatoms. The molecule has 0 spiro atoms. The number of fused-ring (bicyclic) bond motifs is 1. The van der Waals surface area contributed by atoms with E-state index >= 15 is 0 Å². The summed E-state index contributed by atoms with van der Waals surface area (Å²) < 4.78 is 36.0. The molecular weight excluding hydrogens is 246 g/mol. The van der Waals surface area contributed by atoms with E-state index in [1.807, 2.05) is 19.9 Å². The van der Waals surface area contributed by atoms with Gasteiger partial charge in [-0.2, -0.15) is 8.78 Å². The van der Waals surface area contributed by atoms with Crippen LogP contribution in [0.3, 0.4) is 0 Å². The minimum Gasteiger partial charge on any atom is -0.474 e. The Morgan fingerprint density at radius 2 is 2.28 bits per heavy atom. The minimum atomic E-state index is -4.24. The Kier molecular flexibility index (Phi) is 2.93. The van der Waals surface area contributed by atoms with Crippen molar-refractivity contribution in [3.8, 4) is 0 Å². The quantitative estimate of drug-likeness (QED) is 0.846. The van der Waals surface area contributed by atoms with Gasteiger partial charge in [-0.15, -0.1) is 0 Å². The van der Waals surface area contributed by atoms with Gasteiger partial charge in [0.15, 0.2) is 0 Å². The molecule has 0 aromatic carbocycles. The molecule has 18 heavy (non-hydrogen) atoms. The third-order valence-corrected chi connectivity index (χ3v) is 2.96. The monoisotopic (exact) mass is 260 g/mol. The SMILES string of the molecule is CC1(C)CC2C=CC=C(OC(F)(F)C(=O)O)C2O1. The fourth-order valence-electron chi connectivity index (χ4n) is 2.26. The first-order chi connectivity index (χ1) is 8.21. The topological polar surface area (TPSA) is 55.8 Å². The van der Waals surface area contributed by atoms with Gasteiger partial charge in [0.2, 0.25) is 0 Å². The van der Waals surface area contributed by atoms with Crippen LogP contribution in [0.25, 0.3) is 0 Å². The molecule has 0 amide bonds. The highest BCUT2D eigenvalue weighted by Gasteiger charge is 2.48. The predicted octanol–water partition coefficient (Wildman–Crippen LogP) is 2.32. The first kappa shape index (κ1) is 13.0. The number of carbonyl (C=O) groups is 1. The van der Waals surface area contributed by atoms with E-state index in [0.717, 1.165) is 0 Å². The summed E-state index contributed by atoms with van der Waals surface area (Å²) in [4.78, 5) is 10.4. The van der Waals surface area contributed by atoms with Crippen LogP contribution in [0.4, 0.5) is 8.78 Å². The van der Waals surface area contributed by atoms with Gasteiger partial charge in [0.25, 0.3) is 0 Å². The summed E-state index contributed by atoms with van der Waals surface area (Å²) >= 11 is 0. The number of alkyl halides is 2. The lowest BCUT2D eigenvalue weighted by molar-refractivity contribution is -0.236. The number of carboxylic acid groups (broad SMARTS) is 1. The number of rotatable bonds is 3. The zero-order valence-electron chi connectivity index (χ0n) is 10.0. The number of carboxylic acids is 1. The van der Waals surface area contributed by atoms with Gasteiger partial charge >= 0.3 is 12.1 Å². The first-order valence-corrected chi connectivity index (χ1v) is 5.58. The van der Waals surface area contributed by atoms with E-state index in [0.29, 0.717) is 6.42 Å². The molecule has 0 aromatic rings. The Morgan fingerprint density at radius 3 is 2.89 bits per heavy atom. The molecule has 1 heterocycles. The highest BCUT2D eigenvalue weighted by atomic mass is 19.3. The Labute approximate surface area is 103 Å². The van der Waals surface area contributed by atoms with Crippen molar-refractivity contribution >= 4 is 5.97 Å². The molecule has 0 radical (unpaired) electrons. The van der Waals surface area contributed by atoms with E-state index in [1.54, 1.807) is 6.08 Å². The lowest BCUT2D eigenvalue weighted by atomic mass is 9.91. The lowest BCUT2D eigenvalue weighted by Gasteiger charge is -2.25. The first-order valence-electron chi connectivity index (χ1n) is 5.58. The molecule has 2 rings (SSSR count). The summed E-state index contributed by atoms with van der Waals surface area (Å²) in [5.41, 5.74) is -0.440. The second-order valence-corrected chi connectivity index (χ2v) is 5.04. The van der Waals surface area contributed by atoms with Crippen LogP contribution in [0.2, 0.25) is 0 Å². The molecule has 2 aliphatic rings. The van der Waals surface area contributed by atoms with E-state index in [-0.39, 0.29) is 11.7 Å². The van der Waals surface area contributed by atoms with Crippen LogP contribution in [0, 0.1) is 5.92 Å². The number of allylic oxidation sites excluding steroid dienone is 2. The van der Waals surface area contributed by atoms with E-state index in [2.05, 4.69) is 4.74 Å². The second kappa shape index (κ2) is 4.05. The highest BCUT2D eigenvalue weighted by molar-refractivity contribution is 5.73. The van der Waals surface area contributed by atoms with Crippen molar-refractivity contribution in [3.63, 3.8) is 0 Å². The van der Waals surface area contributed by atoms with Crippen molar-refractivity contribution in [2.75, 3.05) is 0 Å². The number of ether oxygens (including phenoxy) is 2. The van der Waals surface area contributed by atoms with Crippen molar-refractivity contribution in [2.24, 2.45) is 5.92 Å². The van der Waals surface area contributed by atoms with Gasteiger partial charge in [-0.1, -0.05) is 12.2 Å². The molecule has 1 aliphatic carbocycles. The maximum Gasteiger partial charge on any atom is 0.501 e. The summed E-state index contributed by atoms with van der Waals surface area (Å²) in [6, 6.07) is 0. The number of halogens is 2. The molecule has 0 saturated carbocycles. The summed E-state index contributed by atoms with van der Waals surface area (Å²) in [6.45, 7) is 3.71. The number of hydrogen-bond acceptors (Lipinski definition) is 3. The number of hydrogen-bond donors (Lipinski definition) is 1. The molecule has 0 bridgehead atoms. The van der Waals surface area contributed by atoms with E-state index in [4.69, 9.17) is 9.84 Å². The maximum atomic E-state index is 13.0. The van der Waals surface area contributed by atoms with Crippen LogP contribution in [0.15, 0.2) is 24.0 Å². The van der Waals surface area contributed by atoms with Crippen LogP contribution in [0.5, 0.6) is 0 Å². The summed E-state index contributed by atoms with van der Waals surface area (Å²) in [5.74, 6) is -2.52. The largest absolute Gasteiger partial charge is 0.501 e. The van der Waals surface area contributed by atoms with Gasteiger partial charge in [0.1, 0.15) is 11.9 Å². The Hall–Kier alpha value is -1.43. The Bertz CT molecular complexity index is 426. The predicted molar refractivity (Wildman–Crippen MR) is 57.9 cm³/mol. The molecule has 0 aromatic heterocycles. The zero-order valence-corrected chi connectivity index (χ0v) is 10.0. The summed E-state index contributed by atoms with van der Waals surface area (Å²) in [6.07, 6.45) is 0.546. The van der Waals surface area contributed by atoms with Crippen LogP contribution in [-0.2, 0) is 14.3 Å². The molecule has 4 nitrogen and oxygen atoms in total. The molecule has 1 N–H and O–H groups in total. The third-order valence-electron chi connectivity index (χ3n) is 2.96. The maximum absolute atomic E-state index is 13.0. The van der Waals surface area contributed by atoms with E-state index in [9.17, 15) is 13.6 Å². The second-order valence-electron chi connectivity index (χ2n) is 5.04. The van der Waals surface area contributed by atoms with Crippen molar-refractivity contribution in [3.05, 3.63) is 24.0 Å². The highest BCUT2D eigenvalue weighted by Crippen LogP contribution is 2.41. The van der Waals surface area contributed by atoms with Crippen molar-refractivity contribution in [1.29, 1.82) is 0 Å². The molecule has 2 atom stereocenters. The average molecular weight is 260 g/mol. The van der Waals surface area contributed by atoms with Gasteiger partial charge in [0.05, 0.1) is 5.60 Å². The molecule has 1 saturated heterocycles. The van der Waals surface area contributed by atoms with Crippen molar-refractivity contribution in [1.82, 2.24) is 0 Å². The Morgan fingerprint density at radius 1 is 1.61 bits per heavy atom. The van der Waals surface area contributed by atoms with Gasteiger partial charge in [-0.25, -0.2) is 4.79 Å². The van der Waals surface area contributed by atoms with Gasteiger partial charge in [-0.3, -0.25) is 0 Å². The smallest absolute Gasteiger partial charge is 0.474 e. The fourth-order valence-corrected chi connectivity index (χ4v) is 2.26. The van der Waals surface area contributed by atoms with Crippen LogP contribution < -0.4 is 0 Å². The molecule has 1 aliphatic heterocycles. The number of aliphatic carboxylic acids is 1. The van der Waals surface area contributed by atoms with E-state index < -0.39 is 23.8 Å². The van der Waals surface area contributed by atoms with Crippen LogP contribution >= 0.6 is 0 Å².